The Hall–Kier alpha value is -0.0400. The van der Waals surface area contributed by atoms with Gasteiger partial charge in [0.15, 0.2) is 0 Å². The molecule has 1 heterocycles. The zero-order chi connectivity index (χ0) is 11.0. The van der Waals surface area contributed by atoms with E-state index in [1.54, 1.807) is 0 Å². The van der Waals surface area contributed by atoms with Crippen molar-refractivity contribution in [1.82, 2.24) is 4.90 Å². The Bertz CT molecular complexity index is 118. The number of hydrogen-bond donors (Lipinski definition) is 0. The third kappa shape index (κ3) is 3.61. The van der Waals surface area contributed by atoms with Crippen LogP contribution in [-0.2, 0) is 0 Å². The fourth-order valence-electron chi connectivity index (χ4n) is 2.22. The van der Waals surface area contributed by atoms with Crippen LogP contribution in [0.25, 0.3) is 0 Å². The summed E-state index contributed by atoms with van der Waals surface area (Å²) in [5.41, 5.74) is 0. The largest absolute Gasteiger partial charge is 0.298 e. The van der Waals surface area contributed by atoms with Gasteiger partial charge in [-0.05, 0) is 39.2 Å². The van der Waals surface area contributed by atoms with Crippen molar-refractivity contribution >= 4 is 0 Å². The van der Waals surface area contributed by atoms with E-state index in [1.807, 2.05) is 27.7 Å². The molecule has 0 N–H and O–H groups in total. The molecule has 1 heteroatoms. The first-order valence-corrected chi connectivity index (χ1v) is 6.63. The molecule has 1 saturated carbocycles. The summed E-state index contributed by atoms with van der Waals surface area (Å²) in [6.07, 6.45) is 7.32. The lowest BCUT2D eigenvalue weighted by molar-refractivity contribution is 0.122. The summed E-state index contributed by atoms with van der Waals surface area (Å²) in [6.45, 7) is 11.8. The molecule has 0 aromatic heterocycles. The maximum absolute atomic E-state index is 2.71. The van der Waals surface area contributed by atoms with Crippen molar-refractivity contribution in [3.63, 3.8) is 0 Å². The zero-order valence-electron chi connectivity index (χ0n) is 10.8. The van der Waals surface area contributed by atoms with Crippen LogP contribution >= 0.6 is 0 Å². The van der Waals surface area contributed by atoms with Gasteiger partial charge in [-0.15, -0.1) is 0 Å². The van der Waals surface area contributed by atoms with Crippen LogP contribution in [0, 0.1) is 0 Å². The molecular formula is C13H29N. The standard InChI is InChI=1S/C9H17N.2C2H6/c1-8-4-3-7-10(8)9-5-2-6-9;2*1-2/h8-9H,2-7H2,1H3;2*1-2H3. The van der Waals surface area contributed by atoms with E-state index in [9.17, 15) is 0 Å². The molecule has 1 atom stereocenters. The van der Waals surface area contributed by atoms with Crippen molar-refractivity contribution in [2.75, 3.05) is 6.54 Å². The zero-order valence-corrected chi connectivity index (χ0v) is 10.8. The fourth-order valence-corrected chi connectivity index (χ4v) is 2.22. The number of likely N-dealkylation sites (tertiary alicyclic amines) is 1. The summed E-state index contributed by atoms with van der Waals surface area (Å²) >= 11 is 0. The molecule has 2 aliphatic rings. The van der Waals surface area contributed by atoms with Gasteiger partial charge in [-0.2, -0.15) is 0 Å². The molecule has 14 heavy (non-hydrogen) atoms. The molecule has 0 amide bonds. The van der Waals surface area contributed by atoms with E-state index in [0.29, 0.717) is 0 Å². The first-order valence-electron chi connectivity index (χ1n) is 6.63. The molecule has 2 rings (SSSR count). The Morgan fingerprint density at radius 3 is 1.71 bits per heavy atom. The van der Waals surface area contributed by atoms with E-state index in [-0.39, 0.29) is 0 Å². The van der Waals surface area contributed by atoms with Gasteiger partial charge < -0.3 is 0 Å². The maximum Gasteiger partial charge on any atom is 0.00980 e. The molecule has 86 valence electrons. The highest BCUT2D eigenvalue weighted by Gasteiger charge is 2.30. The third-order valence-electron chi connectivity index (χ3n) is 3.15. The number of hydrogen-bond acceptors (Lipinski definition) is 1. The average Bonchev–Trinajstić information content (AvgIpc) is 2.57. The van der Waals surface area contributed by atoms with Crippen LogP contribution in [0.15, 0.2) is 0 Å². The van der Waals surface area contributed by atoms with Gasteiger partial charge >= 0.3 is 0 Å². The van der Waals surface area contributed by atoms with E-state index >= 15 is 0 Å². The quantitative estimate of drug-likeness (QED) is 0.615. The van der Waals surface area contributed by atoms with Crippen LogP contribution in [0.2, 0.25) is 0 Å². The van der Waals surface area contributed by atoms with Crippen LogP contribution in [0.3, 0.4) is 0 Å². The second-order valence-electron chi connectivity index (χ2n) is 3.81. The summed E-state index contributed by atoms with van der Waals surface area (Å²) < 4.78 is 0. The first-order chi connectivity index (χ1) is 6.88. The summed E-state index contributed by atoms with van der Waals surface area (Å²) in [6, 6.07) is 1.88. The maximum atomic E-state index is 2.71. The minimum absolute atomic E-state index is 0.894. The van der Waals surface area contributed by atoms with Crippen LogP contribution in [-0.4, -0.2) is 23.5 Å². The molecule has 1 unspecified atom stereocenters. The lowest BCUT2D eigenvalue weighted by atomic mass is 9.91. The molecule has 1 aliphatic heterocycles. The van der Waals surface area contributed by atoms with E-state index in [4.69, 9.17) is 0 Å². The van der Waals surface area contributed by atoms with Gasteiger partial charge in [-0.25, -0.2) is 0 Å². The molecular weight excluding hydrogens is 170 g/mol. The Morgan fingerprint density at radius 1 is 0.857 bits per heavy atom. The van der Waals surface area contributed by atoms with Crippen molar-refractivity contribution < 1.29 is 0 Å². The Kier molecular flexibility index (Phi) is 8.26. The second-order valence-corrected chi connectivity index (χ2v) is 3.81. The predicted molar refractivity (Wildman–Crippen MR) is 65.7 cm³/mol. The van der Waals surface area contributed by atoms with Crippen LogP contribution < -0.4 is 0 Å². The molecule has 0 radical (unpaired) electrons. The molecule has 0 spiro atoms. The van der Waals surface area contributed by atoms with Crippen LogP contribution in [0.4, 0.5) is 0 Å². The van der Waals surface area contributed by atoms with Crippen molar-refractivity contribution in [2.24, 2.45) is 0 Å². The Morgan fingerprint density at radius 2 is 1.43 bits per heavy atom. The molecule has 1 saturated heterocycles. The fraction of sp³-hybridized carbons (Fsp3) is 1.00. The first kappa shape index (κ1) is 14.0. The Labute approximate surface area is 90.9 Å². The SMILES string of the molecule is CC.CC.CC1CCCN1C1CCC1. The second kappa shape index (κ2) is 8.28. The summed E-state index contributed by atoms with van der Waals surface area (Å²) in [5, 5.41) is 0. The number of rotatable bonds is 1. The number of nitrogens with zero attached hydrogens (tertiary/aromatic N) is 1. The van der Waals surface area contributed by atoms with Gasteiger partial charge in [0.25, 0.3) is 0 Å². The third-order valence-corrected chi connectivity index (χ3v) is 3.15. The van der Waals surface area contributed by atoms with Crippen molar-refractivity contribution in [3.8, 4) is 0 Å². The monoisotopic (exact) mass is 199 g/mol. The van der Waals surface area contributed by atoms with Gasteiger partial charge in [0.05, 0.1) is 0 Å². The Balaban J connectivity index is 0.000000379. The molecule has 0 aromatic carbocycles. The van der Waals surface area contributed by atoms with E-state index < -0.39 is 0 Å². The van der Waals surface area contributed by atoms with E-state index in [0.717, 1.165) is 12.1 Å². The molecule has 0 aromatic rings. The van der Waals surface area contributed by atoms with Gasteiger partial charge in [0, 0.05) is 12.1 Å². The summed E-state index contributed by atoms with van der Waals surface area (Å²) in [5.74, 6) is 0. The highest BCUT2D eigenvalue weighted by atomic mass is 15.2. The van der Waals surface area contributed by atoms with Gasteiger partial charge in [-0.3, -0.25) is 4.90 Å². The predicted octanol–water partition coefficient (Wildman–Crippen LogP) is 4.08. The van der Waals surface area contributed by atoms with E-state index in [2.05, 4.69) is 11.8 Å². The smallest absolute Gasteiger partial charge is 0.00980 e. The van der Waals surface area contributed by atoms with Crippen LogP contribution in [0.1, 0.15) is 66.7 Å². The molecule has 2 fully saturated rings. The lowest BCUT2D eigenvalue weighted by Gasteiger charge is -2.37. The highest BCUT2D eigenvalue weighted by Crippen LogP contribution is 2.30. The van der Waals surface area contributed by atoms with Crippen molar-refractivity contribution in [2.45, 2.75) is 78.8 Å². The topological polar surface area (TPSA) is 3.24 Å². The molecule has 1 aliphatic carbocycles. The van der Waals surface area contributed by atoms with Gasteiger partial charge in [-0.1, -0.05) is 34.1 Å². The highest BCUT2D eigenvalue weighted by molar-refractivity contribution is 4.86. The van der Waals surface area contributed by atoms with Crippen molar-refractivity contribution in [1.29, 1.82) is 0 Å². The minimum Gasteiger partial charge on any atom is -0.298 e. The van der Waals surface area contributed by atoms with Gasteiger partial charge in [0.2, 0.25) is 0 Å². The van der Waals surface area contributed by atoms with Crippen LogP contribution in [0.5, 0.6) is 0 Å². The summed E-state index contributed by atoms with van der Waals surface area (Å²) in [4.78, 5) is 2.71. The van der Waals surface area contributed by atoms with E-state index in [1.165, 1.54) is 38.6 Å². The summed E-state index contributed by atoms with van der Waals surface area (Å²) in [7, 11) is 0. The van der Waals surface area contributed by atoms with Crippen molar-refractivity contribution in [3.05, 3.63) is 0 Å². The van der Waals surface area contributed by atoms with Gasteiger partial charge in [0.1, 0.15) is 0 Å². The molecule has 0 bridgehead atoms. The molecule has 1 nitrogen and oxygen atoms in total. The average molecular weight is 199 g/mol. The lowest BCUT2D eigenvalue weighted by Crippen LogP contribution is -2.41. The normalized spacial score (nSPS) is 26.8. The minimum atomic E-state index is 0.894.